The summed E-state index contributed by atoms with van der Waals surface area (Å²) in [6.45, 7) is 0. The lowest BCUT2D eigenvalue weighted by Gasteiger charge is -2.22. The summed E-state index contributed by atoms with van der Waals surface area (Å²) in [6, 6.07) is 66.0. The van der Waals surface area contributed by atoms with Crippen LogP contribution in [0.1, 0.15) is 0 Å². The van der Waals surface area contributed by atoms with E-state index in [1.54, 1.807) is 0 Å². The zero-order valence-corrected chi connectivity index (χ0v) is 31.6. The standard InChI is InChI=1S/C46H36NO2P3/c1-47(2)52-48-45-41(50(35-21-7-3-8-22-35)36-23-9-4-10-24-36)31-33-19-15-17-29-39(33)43(45)44-40-30-18-16-20-34(40)32-42(46(44)49-52)51(37-25-11-5-12-26-37)38-27-13-6-14-28-38/h3-32H,1-2H3. The van der Waals surface area contributed by atoms with Gasteiger partial charge in [-0.25, -0.2) is 4.67 Å². The number of hydrogen-bond acceptors (Lipinski definition) is 3. The Kier molecular flexibility index (Phi) is 8.98. The van der Waals surface area contributed by atoms with Crippen LogP contribution < -0.4 is 36.5 Å². The van der Waals surface area contributed by atoms with Crippen molar-refractivity contribution in [3.05, 3.63) is 182 Å². The van der Waals surface area contributed by atoms with Crippen molar-refractivity contribution < 1.29 is 8.39 Å². The van der Waals surface area contributed by atoms with Gasteiger partial charge in [0.05, 0.1) is 0 Å². The molecule has 252 valence electrons. The summed E-state index contributed by atoms with van der Waals surface area (Å²) < 4.78 is 16.8. The Morgan fingerprint density at radius 2 is 0.712 bits per heavy atom. The van der Waals surface area contributed by atoms with Crippen LogP contribution in [0, 0.1) is 0 Å². The summed E-state index contributed by atoms with van der Waals surface area (Å²) in [6.07, 6.45) is 0. The third kappa shape index (κ3) is 5.95. The summed E-state index contributed by atoms with van der Waals surface area (Å²) in [7, 11) is 0.592. The van der Waals surface area contributed by atoms with E-state index in [4.69, 9.17) is 8.39 Å². The second-order valence-electron chi connectivity index (χ2n) is 12.9. The van der Waals surface area contributed by atoms with Crippen molar-refractivity contribution >= 4 is 99.3 Å². The van der Waals surface area contributed by atoms with Gasteiger partial charge < -0.3 is 8.39 Å². The number of nitrogens with zero attached hydrogens (tertiary/aromatic N) is 1. The predicted molar refractivity (Wildman–Crippen MR) is 229 cm³/mol. The lowest BCUT2D eigenvalue weighted by Crippen LogP contribution is -2.21. The normalized spacial score (nSPS) is 11.8. The maximum absolute atomic E-state index is 7.35. The fraction of sp³-hybridized carbons (Fsp3) is 0.0435. The van der Waals surface area contributed by atoms with E-state index >= 15 is 0 Å². The van der Waals surface area contributed by atoms with Gasteiger partial charge in [0.25, 0.3) is 0 Å². The molecule has 0 N–H and O–H groups in total. The van der Waals surface area contributed by atoms with E-state index in [1.807, 2.05) is 0 Å². The average Bonchev–Trinajstić information content (AvgIpc) is 3.39. The highest BCUT2D eigenvalue weighted by Gasteiger charge is 2.27. The Morgan fingerprint density at radius 1 is 0.404 bits per heavy atom. The summed E-state index contributed by atoms with van der Waals surface area (Å²) in [5.74, 6) is 0. The predicted octanol–water partition coefficient (Wildman–Crippen LogP) is 10.3. The summed E-state index contributed by atoms with van der Waals surface area (Å²) in [4.78, 5) is 0. The third-order valence-electron chi connectivity index (χ3n) is 9.42. The van der Waals surface area contributed by atoms with E-state index in [2.05, 4.69) is 201 Å². The van der Waals surface area contributed by atoms with Crippen LogP contribution in [0.3, 0.4) is 0 Å². The second-order valence-corrected chi connectivity index (χ2v) is 18.9. The Labute approximate surface area is 307 Å². The second kappa shape index (κ2) is 14.2. The van der Waals surface area contributed by atoms with Gasteiger partial charge in [0.1, 0.15) is 0 Å². The first-order valence-electron chi connectivity index (χ1n) is 17.4. The Bertz CT molecular complexity index is 2450. The van der Waals surface area contributed by atoms with Crippen LogP contribution in [0.15, 0.2) is 190 Å². The molecule has 9 aromatic rings. The smallest absolute Gasteiger partial charge is 0.309 e. The molecule has 0 radical (unpaired) electrons. The molecule has 8 aromatic carbocycles. The van der Waals surface area contributed by atoms with E-state index in [9.17, 15) is 0 Å². The molecule has 52 heavy (non-hydrogen) atoms. The summed E-state index contributed by atoms with van der Waals surface area (Å²) in [5.41, 5.74) is 1.81. The molecule has 1 aromatic heterocycles. The topological polar surface area (TPSA) is 29.5 Å². The average molecular weight is 728 g/mol. The van der Waals surface area contributed by atoms with Crippen molar-refractivity contribution in [2.45, 2.75) is 0 Å². The molecule has 1 heterocycles. The van der Waals surface area contributed by atoms with Gasteiger partial charge in [0, 0.05) is 35.5 Å². The number of hydrogen-bond donors (Lipinski definition) is 0. The Hall–Kier alpha value is -5.00. The van der Waals surface area contributed by atoms with Crippen LogP contribution in [0.4, 0.5) is 0 Å². The molecule has 0 saturated heterocycles. The molecule has 0 amide bonds. The lowest BCUT2D eigenvalue weighted by atomic mass is 9.98. The van der Waals surface area contributed by atoms with E-state index in [0.717, 1.165) is 32.7 Å². The highest BCUT2D eigenvalue weighted by Crippen LogP contribution is 2.47. The minimum Gasteiger partial charge on any atom is -0.407 e. The van der Waals surface area contributed by atoms with Gasteiger partial charge in [-0.3, -0.25) is 0 Å². The fourth-order valence-electron chi connectivity index (χ4n) is 7.14. The first-order chi connectivity index (χ1) is 25.7. The van der Waals surface area contributed by atoms with Crippen molar-refractivity contribution in [2.24, 2.45) is 0 Å². The maximum Gasteiger partial charge on any atom is 0.309 e. The molecule has 0 aliphatic heterocycles. The molecule has 0 saturated carbocycles. The van der Waals surface area contributed by atoms with E-state index in [-0.39, 0.29) is 0 Å². The zero-order chi connectivity index (χ0) is 35.0. The molecule has 9 rings (SSSR count). The third-order valence-corrected chi connectivity index (χ3v) is 15.6. The molecule has 6 heteroatoms. The molecule has 0 atom stereocenters. The monoisotopic (exact) mass is 727 g/mol. The maximum atomic E-state index is 7.35. The first-order valence-corrected chi connectivity index (χ1v) is 21.2. The SMILES string of the molecule is CN(C)p1oc2c(P(c3ccccc3)c3ccccc3)cc3ccccc3c2c2c(o1)c(P(c1ccccc1)c1ccccc1)cc1ccccc12. The van der Waals surface area contributed by atoms with Crippen molar-refractivity contribution in [1.82, 2.24) is 0 Å². The van der Waals surface area contributed by atoms with E-state index in [0.29, 0.717) is 0 Å². The molecule has 3 nitrogen and oxygen atoms in total. The van der Waals surface area contributed by atoms with Crippen LogP contribution in [-0.2, 0) is 0 Å². The van der Waals surface area contributed by atoms with Crippen molar-refractivity contribution in [2.75, 3.05) is 18.8 Å². The van der Waals surface area contributed by atoms with Crippen LogP contribution in [-0.4, -0.2) is 14.1 Å². The molecule has 0 spiro atoms. The van der Waals surface area contributed by atoms with Gasteiger partial charge in [-0.1, -0.05) is 170 Å². The first kappa shape index (κ1) is 32.9. The van der Waals surface area contributed by atoms with E-state index < -0.39 is 24.0 Å². The molecule has 0 aliphatic carbocycles. The molecule has 0 fully saturated rings. The molecular formula is C46H36NO2P3. The highest BCUT2D eigenvalue weighted by atomic mass is 31.1. The van der Waals surface area contributed by atoms with Gasteiger partial charge in [0.15, 0.2) is 11.2 Å². The fourth-order valence-corrected chi connectivity index (χ4v) is 13.2. The Balaban J connectivity index is 1.53. The van der Waals surface area contributed by atoms with Crippen LogP contribution in [0.5, 0.6) is 0 Å². The van der Waals surface area contributed by atoms with Gasteiger partial charge in [-0.05, 0) is 70.7 Å². The minimum atomic E-state index is -1.54. The summed E-state index contributed by atoms with van der Waals surface area (Å²) >= 11 is 0. The minimum absolute atomic E-state index is 0.905. The largest absolute Gasteiger partial charge is 0.407 e. The lowest BCUT2D eigenvalue weighted by molar-refractivity contribution is 0.637. The number of fused-ring (bicyclic) bond motifs is 7. The van der Waals surface area contributed by atoms with Gasteiger partial charge >= 0.3 is 8.16 Å². The van der Waals surface area contributed by atoms with Gasteiger partial charge in [0.2, 0.25) is 0 Å². The zero-order valence-electron chi connectivity index (χ0n) is 28.9. The number of benzene rings is 8. The van der Waals surface area contributed by atoms with Crippen LogP contribution >= 0.6 is 24.0 Å². The van der Waals surface area contributed by atoms with Gasteiger partial charge in [-0.2, -0.15) is 0 Å². The number of rotatable bonds is 7. The quantitative estimate of drug-likeness (QED) is 0.153. The van der Waals surface area contributed by atoms with Crippen LogP contribution in [0.25, 0.3) is 43.5 Å². The Morgan fingerprint density at radius 3 is 1.04 bits per heavy atom. The highest BCUT2D eigenvalue weighted by molar-refractivity contribution is 7.80. The van der Waals surface area contributed by atoms with Gasteiger partial charge in [-0.15, -0.1) is 0 Å². The summed E-state index contributed by atoms with van der Waals surface area (Å²) in [5, 5.41) is 14.4. The molecule has 0 bridgehead atoms. The van der Waals surface area contributed by atoms with Crippen molar-refractivity contribution in [1.29, 1.82) is 0 Å². The van der Waals surface area contributed by atoms with Crippen molar-refractivity contribution in [3.63, 3.8) is 0 Å². The van der Waals surface area contributed by atoms with E-state index in [1.165, 1.54) is 42.6 Å². The van der Waals surface area contributed by atoms with Crippen LogP contribution in [0.2, 0.25) is 0 Å². The molecular weight excluding hydrogens is 691 g/mol. The molecule has 0 aliphatic rings. The van der Waals surface area contributed by atoms with Crippen molar-refractivity contribution in [3.8, 4) is 0 Å². The molecule has 0 unspecified atom stereocenters.